The zero-order valence-corrected chi connectivity index (χ0v) is 15.3. The van der Waals surface area contributed by atoms with Crippen LogP contribution in [0.4, 0.5) is 4.79 Å². The minimum absolute atomic E-state index is 0.275. The highest BCUT2D eigenvalue weighted by atomic mass is 35.5. The van der Waals surface area contributed by atoms with Crippen LogP contribution >= 0.6 is 23.2 Å². The molecule has 132 valence electrons. The summed E-state index contributed by atoms with van der Waals surface area (Å²) < 4.78 is 5.38. The predicted octanol–water partition coefficient (Wildman–Crippen LogP) is 4.58. The number of halogens is 2. The lowest BCUT2D eigenvalue weighted by atomic mass is 9.82. The quantitative estimate of drug-likeness (QED) is 0.849. The number of nitrogens with two attached hydrogens (primary N) is 1. The average molecular weight is 379 g/mol. The molecule has 0 spiro atoms. The van der Waals surface area contributed by atoms with Gasteiger partial charge in [-0.1, -0.05) is 59.6 Å². The number of carbonyl (C=O) groups is 1. The van der Waals surface area contributed by atoms with Gasteiger partial charge in [-0.15, -0.1) is 0 Å². The van der Waals surface area contributed by atoms with E-state index in [9.17, 15) is 4.79 Å². The highest BCUT2D eigenvalue weighted by Gasteiger charge is 2.34. The van der Waals surface area contributed by atoms with Crippen molar-refractivity contribution in [3.8, 4) is 0 Å². The molecule has 1 aliphatic rings. The molecule has 1 aliphatic heterocycles. The molecule has 3 rings (SSSR count). The summed E-state index contributed by atoms with van der Waals surface area (Å²) in [5.74, 6) is 0. The summed E-state index contributed by atoms with van der Waals surface area (Å²) in [6.45, 7) is 1.37. The molecular formula is C19H20Cl2N2O2. The molecule has 0 aromatic heterocycles. The molecule has 0 atom stereocenters. The van der Waals surface area contributed by atoms with Gasteiger partial charge < -0.3 is 15.4 Å². The molecule has 0 aliphatic carbocycles. The Balaban J connectivity index is 1.57. The first kappa shape index (κ1) is 18.1. The molecule has 2 N–H and O–H groups in total. The Kier molecular flexibility index (Phi) is 5.52. The van der Waals surface area contributed by atoms with Crippen molar-refractivity contribution >= 4 is 29.3 Å². The summed E-state index contributed by atoms with van der Waals surface area (Å²) in [6.07, 6.45) is 0.983. The van der Waals surface area contributed by atoms with Crippen LogP contribution in [-0.4, -0.2) is 24.1 Å². The third kappa shape index (κ3) is 4.27. The van der Waals surface area contributed by atoms with E-state index in [0.29, 0.717) is 36.0 Å². The number of carbonyl (C=O) groups excluding carboxylic acids is 1. The van der Waals surface area contributed by atoms with E-state index in [4.69, 9.17) is 33.7 Å². The second-order valence-corrected chi connectivity index (χ2v) is 7.13. The van der Waals surface area contributed by atoms with E-state index in [0.717, 1.165) is 11.1 Å². The fourth-order valence-electron chi connectivity index (χ4n) is 2.99. The van der Waals surface area contributed by atoms with Crippen molar-refractivity contribution in [1.82, 2.24) is 4.90 Å². The summed E-state index contributed by atoms with van der Waals surface area (Å²) >= 11 is 12.1. The zero-order valence-electron chi connectivity index (χ0n) is 13.8. The van der Waals surface area contributed by atoms with Gasteiger partial charge in [-0.3, -0.25) is 0 Å². The van der Waals surface area contributed by atoms with Gasteiger partial charge in [0.25, 0.3) is 0 Å². The summed E-state index contributed by atoms with van der Waals surface area (Å²) in [7, 11) is 0. The molecule has 2 aromatic rings. The molecule has 0 saturated carbocycles. The second kappa shape index (κ2) is 7.65. The Morgan fingerprint density at radius 2 is 1.76 bits per heavy atom. The van der Waals surface area contributed by atoms with E-state index in [2.05, 4.69) is 0 Å². The minimum atomic E-state index is -0.509. The number of nitrogens with zero attached hydrogens (tertiary/aromatic N) is 1. The molecule has 2 aromatic carbocycles. The van der Waals surface area contributed by atoms with Crippen LogP contribution in [-0.2, 0) is 16.9 Å². The fraction of sp³-hybridized carbons (Fsp3) is 0.316. The van der Waals surface area contributed by atoms with Gasteiger partial charge in [-0.2, -0.15) is 0 Å². The molecule has 6 heteroatoms. The molecular weight excluding hydrogens is 359 g/mol. The van der Waals surface area contributed by atoms with Crippen LogP contribution in [0.3, 0.4) is 0 Å². The topological polar surface area (TPSA) is 55.6 Å². The molecule has 0 radical (unpaired) electrons. The number of piperidine rings is 1. The monoisotopic (exact) mass is 378 g/mol. The van der Waals surface area contributed by atoms with Crippen molar-refractivity contribution in [2.45, 2.75) is 25.0 Å². The smallest absolute Gasteiger partial charge is 0.410 e. The lowest BCUT2D eigenvalue weighted by Crippen LogP contribution is -2.49. The lowest BCUT2D eigenvalue weighted by molar-refractivity contribution is 0.0779. The third-order valence-electron chi connectivity index (χ3n) is 4.61. The molecule has 0 unspecified atom stereocenters. The van der Waals surface area contributed by atoms with E-state index >= 15 is 0 Å². The number of hydrogen-bond donors (Lipinski definition) is 1. The summed E-state index contributed by atoms with van der Waals surface area (Å²) in [5.41, 5.74) is 7.95. The van der Waals surface area contributed by atoms with Gasteiger partial charge in [0.15, 0.2) is 0 Å². The maximum atomic E-state index is 12.2. The zero-order chi connectivity index (χ0) is 17.9. The van der Waals surface area contributed by atoms with Crippen molar-refractivity contribution in [2.24, 2.45) is 5.73 Å². The van der Waals surface area contributed by atoms with Crippen LogP contribution in [0.15, 0.2) is 48.5 Å². The number of hydrogen-bond acceptors (Lipinski definition) is 3. The molecule has 1 heterocycles. The Bertz CT molecular complexity index is 744. The Hall–Kier alpha value is -1.75. The molecule has 1 fully saturated rings. The van der Waals surface area contributed by atoms with E-state index in [1.54, 1.807) is 11.0 Å². The largest absolute Gasteiger partial charge is 0.445 e. The summed E-state index contributed by atoms with van der Waals surface area (Å²) in [5, 5.41) is 1.00. The van der Waals surface area contributed by atoms with Crippen molar-refractivity contribution < 1.29 is 9.53 Å². The highest BCUT2D eigenvalue weighted by Crippen LogP contribution is 2.34. The third-order valence-corrected chi connectivity index (χ3v) is 5.35. The predicted molar refractivity (Wildman–Crippen MR) is 99.8 cm³/mol. The van der Waals surface area contributed by atoms with Gasteiger partial charge in [0.1, 0.15) is 6.61 Å². The number of rotatable bonds is 3. The van der Waals surface area contributed by atoms with Crippen LogP contribution in [0.5, 0.6) is 0 Å². The van der Waals surface area contributed by atoms with Crippen LogP contribution in [0.1, 0.15) is 24.0 Å². The van der Waals surface area contributed by atoms with Crippen molar-refractivity contribution in [1.29, 1.82) is 0 Å². The van der Waals surface area contributed by atoms with Gasteiger partial charge >= 0.3 is 6.09 Å². The SMILES string of the molecule is NC1(c2ccc(Cl)c(Cl)c2)CCN(C(=O)OCc2ccccc2)CC1. The number of likely N-dealkylation sites (tertiary alicyclic amines) is 1. The van der Waals surface area contributed by atoms with Crippen LogP contribution < -0.4 is 5.73 Å². The van der Waals surface area contributed by atoms with Gasteiger partial charge in [-0.05, 0) is 36.1 Å². The second-order valence-electron chi connectivity index (χ2n) is 6.31. The van der Waals surface area contributed by atoms with Gasteiger partial charge in [0.2, 0.25) is 0 Å². The Labute approximate surface area is 157 Å². The molecule has 1 saturated heterocycles. The first-order chi connectivity index (χ1) is 12.0. The van der Waals surface area contributed by atoms with E-state index < -0.39 is 5.54 Å². The van der Waals surface area contributed by atoms with E-state index in [1.807, 2.05) is 42.5 Å². The lowest BCUT2D eigenvalue weighted by Gasteiger charge is -2.39. The fourth-order valence-corrected chi connectivity index (χ4v) is 3.29. The Morgan fingerprint density at radius 3 is 2.40 bits per heavy atom. The first-order valence-electron chi connectivity index (χ1n) is 8.18. The van der Waals surface area contributed by atoms with E-state index in [1.165, 1.54) is 0 Å². The first-order valence-corrected chi connectivity index (χ1v) is 8.93. The van der Waals surface area contributed by atoms with Gasteiger partial charge in [0, 0.05) is 18.6 Å². The maximum Gasteiger partial charge on any atom is 0.410 e. The minimum Gasteiger partial charge on any atom is -0.445 e. The van der Waals surface area contributed by atoms with Crippen LogP contribution in [0, 0.1) is 0 Å². The normalized spacial score (nSPS) is 16.5. The summed E-state index contributed by atoms with van der Waals surface area (Å²) in [6, 6.07) is 15.1. The molecule has 0 bridgehead atoms. The van der Waals surface area contributed by atoms with Crippen molar-refractivity contribution in [3.63, 3.8) is 0 Å². The van der Waals surface area contributed by atoms with E-state index in [-0.39, 0.29) is 12.7 Å². The molecule has 4 nitrogen and oxygen atoms in total. The van der Waals surface area contributed by atoms with Crippen molar-refractivity contribution in [2.75, 3.05) is 13.1 Å². The molecule has 25 heavy (non-hydrogen) atoms. The number of benzene rings is 2. The van der Waals surface area contributed by atoms with Gasteiger partial charge in [-0.25, -0.2) is 4.79 Å². The number of amides is 1. The average Bonchev–Trinajstić information content (AvgIpc) is 2.63. The molecule has 1 amide bonds. The van der Waals surface area contributed by atoms with Crippen LogP contribution in [0.2, 0.25) is 10.0 Å². The summed E-state index contributed by atoms with van der Waals surface area (Å²) in [4.78, 5) is 13.9. The standard InChI is InChI=1S/C19H20Cl2N2O2/c20-16-7-6-15(12-17(16)21)19(22)8-10-23(11-9-19)18(24)25-13-14-4-2-1-3-5-14/h1-7,12H,8-11,13,22H2. The highest BCUT2D eigenvalue weighted by molar-refractivity contribution is 6.42. The van der Waals surface area contributed by atoms with Crippen LogP contribution in [0.25, 0.3) is 0 Å². The van der Waals surface area contributed by atoms with Crippen molar-refractivity contribution in [3.05, 3.63) is 69.7 Å². The van der Waals surface area contributed by atoms with Gasteiger partial charge in [0.05, 0.1) is 10.0 Å². The Morgan fingerprint density at radius 1 is 1.08 bits per heavy atom. The number of ether oxygens (including phenoxy) is 1. The maximum absolute atomic E-state index is 12.2.